The third kappa shape index (κ3) is 2.60. The summed E-state index contributed by atoms with van der Waals surface area (Å²) < 4.78 is 1.42. The molecule has 2 heterocycles. The molecule has 2 aromatic heterocycles. The lowest BCUT2D eigenvalue weighted by atomic mass is 10.2. The predicted octanol–water partition coefficient (Wildman–Crippen LogP) is 1.96. The number of hydrogen-bond acceptors (Lipinski definition) is 5. The Bertz CT molecular complexity index is 480. The Labute approximate surface area is 109 Å². The molecule has 2 aromatic rings. The Morgan fingerprint density at radius 2 is 2.44 bits per heavy atom. The fraction of sp³-hybridized carbons (Fsp3) is 0.375. The lowest BCUT2D eigenvalue weighted by Crippen LogP contribution is -2.02. The van der Waals surface area contributed by atoms with Gasteiger partial charge in [-0.3, -0.25) is 0 Å². The van der Waals surface area contributed by atoms with E-state index in [2.05, 4.69) is 31.3 Å². The smallest absolute Gasteiger partial charge is 0.177 e. The second kappa shape index (κ2) is 4.79. The van der Waals surface area contributed by atoms with Gasteiger partial charge in [0.2, 0.25) is 0 Å². The first-order chi connectivity index (χ1) is 7.56. The van der Waals surface area contributed by atoms with E-state index in [1.54, 1.807) is 13.1 Å². The van der Waals surface area contributed by atoms with Gasteiger partial charge in [-0.25, -0.2) is 0 Å². The second-order valence-electron chi connectivity index (χ2n) is 3.19. The third-order valence-electron chi connectivity index (χ3n) is 1.92. The number of aliphatic hydroxyl groups is 1. The molecule has 0 spiro atoms. The topological polar surface area (TPSA) is 63.8 Å². The standard InChI is InChI=1S/C8H8BrClN4OS/c1-14-12-7(11-13-14)3-5(15)6-2-4(9)8(10)16-6/h2,5,15H,3H2,1H3. The van der Waals surface area contributed by atoms with E-state index in [1.807, 2.05) is 0 Å². The van der Waals surface area contributed by atoms with Gasteiger partial charge < -0.3 is 5.11 Å². The molecular weight excluding hydrogens is 316 g/mol. The van der Waals surface area contributed by atoms with Crippen LogP contribution in [0.4, 0.5) is 0 Å². The highest BCUT2D eigenvalue weighted by molar-refractivity contribution is 9.10. The Morgan fingerprint density at radius 3 is 2.94 bits per heavy atom. The molecule has 5 nitrogen and oxygen atoms in total. The number of aliphatic hydroxyl groups excluding tert-OH is 1. The molecule has 0 amide bonds. The normalized spacial score (nSPS) is 13.0. The molecule has 0 saturated heterocycles. The summed E-state index contributed by atoms with van der Waals surface area (Å²) in [5.41, 5.74) is 0. The number of aryl methyl sites for hydroxylation is 1. The first-order valence-electron chi connectivity index (χ1n) is 4.42. The first kappa shape index (κ1) is 12.0. The Kier molecular flexibility index (Phi) is 3.58. The van der Waals surface area contributed by atoms with Crippen LogP contribution in [0.2, 0.25) is 4.34 Å². The number of tetrazole rings is 1. The summed E-state index contributed by atoms with van der Waals surface area (Å²) >= 11 is 10.5. The monoisotopic (exact) mass is 322 g/mol. The van der Waals surface area contributed by atoms with E-state index >= 15 is 0 Å². The van der Waals surface area contributed by atoms with Gasteiger partial charge in [0.15, 0.2) is 5.82 Å². The zero-order chi connectivity index (χ0) is 11.7. The molecule has 1 unspecified atom stereocenters. The van der Waals surface area contributed by atoms with Gasteiger partial charge in [-0.15, -0.1) is 21.5 Å². The van der Waals surface area contributed by atoms with Crippen molar-refractivity contribution >= 4 is 38.9 Å². The van der Waals surface area contributed by atoms with Gasteiger partial charge in [0.05, 0.1) is 13.2 Å². The quantitative estimate of drug-likeness (QED) is 0.938. The van der Waals surface area contributed by atoms with E-state index in [-0.39, 0.29) is 0 Å². The molecule has 0 aliphatic carbocycles. The van der Waals surface area contributed by atoms with Crippen LogP contribution in [-0.2, 0) is 13.5 Å². The van der Waals surface area contributed by atoms with Crippen LogP contribution in [0.5, 0.6) is 0 Å². The van der Waals surface area contributed by atoms with Crippen molar-refractivity contribution in [2.45, 2.75) is 12.5 Å². The van der Waals surface area contributed by atoms with Gasteiger partial charge in [0.1, 0.15) is 4.34 Å². The highest BCUT2D eigenvalue weighted by Gasteiger charge is 2.16. The minimum Gasteiger partial charge on any atom is -0.387 e. The van der Waals surface area contributed by atoms with Crippen LogP contribution in [-0.4, -0.2) is 25.3 Å². The van der Waals surface area contributed by atoms with E-state index < -0.39 is 6.10 Å². The Morgan fingerprint density at radius 1 is 1.69 bits per heavy atom. The van der Waals surface area contributed by atoms with E-state index in [0.717, 1.165) is 9.35 Å². The summed E-state index contributed by atoms with van der Waals surface area (Å²) in [6, 6.07) is 1.80. The van der Waals surface area contributed by atoms with Gasteiger partial charge in [-0.1, -0.05) is 11.6 Å². The van der Waals surface area contributed by atoms with Crippen molar-refractivity contribution in [1.82, 2.24) is 20.2 Å². The first-order valence-corrected chi connectivity index (χ1v) is 6.40. The summed E-state index contributed by atoms with van der Waals surface area (Å²) in [6.45, 7) is 0. The van der Waals surface area contributed by atoms with Crippen molar-refractivity contribution in [3.63, 3.8) is 0 Å². The lowest BCUT2D eigenvalue weighted by Gasteiger charge is -2.03. The Balaban J connectivity index is 2.11. The number of nitrogens with zero attached hydrogens (tertiary/aromatic N) is 4. The number of rotatable bonds is 3. The van der Waals surface area contributed by atoms with Gasteiger partial charge >= 0.3 is 0 Å². The second-order valence-corrected chi connectivity index (χ2v) is 5.73. The molecule has 0 bridgehead atoms. The fourth-order valence-electron chi connectivity index (χ4n) is 1.21. The van der Waals surface area contributed by atoms with Crippen LogP contribution in [0.25, 0.3) is 0 Å². The summed E-state index contributed by atoms with van der Waals surface area (Å²) in [6.07, 6.45) is -0.324. The van der Waals surface area contributed by atoms with E-state index in [0.29, 0.717) is 16.6 Å². The SMILES string of the molecule is Cn1nnc(CC(O)c2cc(Br)c(Cl)s2)n1. The van der Waals surface area contributed by atoms with E-state index in [1.165, 1.54) is 16.1 Å². The van der Waals surface area contributed by atoms with Gasteiger partial charge in [-0.2, -0.15) is 4.80 Å². The summed E-state index contributed by atoms with van der Waals surface area (Å²) in [4.78, 5) is 2.14. The van der Waals surface area contributed by atoms with Crippen molar-refractivity contribution in [3.05, 3.63) is 25.6 Å². The minimum absolute atomic E-state index is 0.330. The van der Waals surface area contributed by atoms with Crippen molar-refractivity contribution in [3.8, 4) is 0 Å². The van der Waals surface area contributed by atoms with Crippen LogP contribution in [0.15, 0.2) is 10.5 Å². The van der Waals surface area contributed by atoms with Crippen LogP contribution in [0.3, 0.4) is 0 Å². The van der Waals surface area contributed by atoms with Crippen molar-refractivity contribution in [2.24, 2.45) is 7.05 Å². The molecule has 0 aromatic carbocycles. The number of aromatic nitrogens is 4. The maximum absolute atomic E-state index is 9.93. The molecule has 0 saturated carbocycles. The maximum Gasteiger partial charge on any atom is 0.177 e. The fourth-order valence-corrected chi connectivity index (χ4v) is 2.93. The Hall–Kier alpha value is -0.500. The largest absolute Gasteiger partial charge is 0.387 e. The summed E-state index contributed by atoms with van der Waals surface area (Å²) in [7, 11) is 1.68. The zero-order valence-electron chi connectivity index (χ0n) is 8.26. The van der Waals surface area contributed by atoms with Crippen molar-refractivity contribution in [2.75, 3.05) is 0 Å². The zero-order valence-corrected chi connectivity index (χ0v) is 11.4. The van der Waals surface area contributed by atoms with Crippen molar-refractivity contribution < 1.29 is 5.11 Å². The number of hydrogen-bond donors (Lipinski definition) is 1. The molecule has 0 radical (unpaired) electrons. The van der Waals surface area contributed by atoms with Crippen LogP contribution < -0.4 is 0 Å². The lowest BCUT2D eigenvalue weighted by molar-refractivity contribution is 0.179. The van der Waals surface area contributed by atoms with E-state index in [9.17, 15) is 5.11 Å². The summed E-state index contributed by atoms with van der Waals surface area (Å²) in [5.74, 6) is 0.510. The number of thiophene rings is 1. The van der Waals surface area contributed by atoms with E-state index in [4.69, 9.17) is 11.6 Å². The molecule has 1 N–H and O–H groups in total. The molecule has 0 fully saturated rings. The maximum atomic E-state index is 9.93. The molecule has 1 atom stereocenters. The highest BCUT2D eigenvalue weighted by Crippen LogP contribution is 2.35. The van der Waals surface area contributed by atoms with Gasteiger partial charge in [-0.05, 0) is 27.2 Å². The molecule has 0 aliphatic heterocycles. The molecule has 8 heteroatoms. The van der Waals surface area contributed by atoms with Gasteiger partial charge in [0.25, 0.3) is 0 Å². The molecule has 0 aliphatic rings. The van der Waals surface area contributed by atoms with Gasteiger partial charge in [0, 0.05) is 15.8 Å². The van der Waals surface area contributed by atoms with Crippen molar-refractivity contribution in [1.29, 1.82) is 0 Å². The average molecular weight is 324 g/mol. The summed E-state index contributed by atoms with van der Waals surface area (Å²) in [5, 5.41) is 21.4. The number of halogens is 2. The predicted molar refractivity (Wildman–Crippen MR) is 64.5 cm³/mol. The molecule has 16 heavy (non-hydrogen) atoms. The highest BCUT2D eigenvalue weighted by atomic mass is 79.9. The van der Waals surface area contributed by atoms with Crippen LogP contribution in [0, 0.1) is 0 Å². The minimum atomic E-state index is -0.655. The molecule has 2 rings (SSSR count). The van der Waals surface area contributed by atoms with Crippen LogP contribution >= 0.6 is 38.9 Å². The molecule has 86 valence electrons. The van der Waals surface area contributed by atoms with Crippen LogP contribution in [0.1, 0.15) is 16.8 Å². The average Bonchev–Trinajstić information content (AvgIpc) is 2.75. The molecular formula is C8H8BrClN4OS. The third-order valence-corrected chi connectivity index (χ3v) is 4.49.